The van der Waals surface area contributed by atoms with Gasteiger partial charge in [-0.25, -0.2) is 0 Å². The Morgan fingerprint density at radius 2 is 2.05 bits per heavy atom. The topological polar surface area (TPSA) is 54.9 Å². The van der Waals surface area contributed by atoms with Gasteiger partial charge in [0.1, 0.15) is 5.75 Å². The number of nitrogens with zero attached hydrogens (tertiary/aromatic N) is 1. The molecule has 0 unspecified atom stereocenters. The monoisotopic (exact) mass is 279 g/mol. The fourth-order valence-electron chi connectivity index (χ4n) is 1.76. The number of benzene rings is 1. The van der Waals surface area contributed by atoms with E-state index in [1.54, 1.807) is 14.2 Å². The van der Waals surface area contributed by atoms with Crippen LogP contribution in [0.3, 0.4) is 0 Å². The summed E-state index contributed by atoms with van der Waals surface area (Å²) in [7, 11) is 3.45. The first-order valence-electron chi connectivity index (χ1n) is 6.95. The van der Waals surface area contributed by atoms with Gasteiger partial charge < -0.3 is 20.1 Å². The number of aliphatic imine (C=N–C) groups is 1. The molecule has 112 valence electrons. The molecule has 0 heterocycles. The third-order valence-corrected chi connectivity index (χ3v) is 2.81. The van der Waals surface area contributed by atoms with Crippen LogP contribution in [0.25, 0.3) is 0 Å². The summed E-state index contributed by atoms with van der Waals surface area (Å²) in [5.74, 6) is 1.69. The van der Waals surface area contributed by atoms with Gasteiger partial charge >= 0.3 is 0 Å². The van der Waals surface area contributed by atoms with Crippen LogP contribution < -0.4 is 15.4 Å². The Morgan fingerprint density at radius 3 is 2.75 bits per heavy atom. The molecule has 0 aliphatic rings. The van der Waals surface area contributed by atoms with E-state index in [1.165, 1.54) is 5.56 Å². The third kappa shape index (κ3) is 6.43. The molecule has 0 radical (unpaired) electrons. The average molecular weight is 279 g/mol. The molecule has 1 aromatic rings. The minimum atomic E-state index is 0.688. The molecule has 0 bridgehead atoms. The molecule has 0 spiro atoms. The summed E-state index contributed by atoms with van der Waals surface area (Å²) in [5, 5.41) is 6.48. The average Bonchev–Trinajstić information content (AvgIpc) is 2.50. The van der Waals surface area contributed by atoms with Crippen molar-refractivity contribution in [3.63, 3.8) is 0 Å². The summed E-state index contributed by atoms with van der Waals surface area (Å²) in [6, 6.07) is 8.09. The van der Waals surface area contributed by atoms with E-state index in [0.29, 0.717) is 6.61 Å². The highest BCUT2D eigenvalue weighted by Crippen LogP contribution is 2.12. The van der Waals surface area contributed by atoms with Crippen molar-refractivity contribution in [3.8, 4) is 5.75 Å². The zero-order chi connectivity index (χ0) is 14.6. The Labute approximate surface area is 121 Å². The van der Waals surface area contributed by atoms with E-state index in [4.69, 9.17) is 9.47 Å². The van der Waals surface area contributed by atoms with E-state index < -0.39 is 0 Å². The first kappa shape index (κ1) is 16.3. The van der Waals surface area contributed by atoms with Crippen molar-refractivity contribution in [1.82, 2.24) is 10.6 Å². The quantitative estimate of drug-likeness (QED) is 0.429. The smallest absolute Gasteiger partial charge is 0.191 e. The molecule has 2 N–H and O–H groups in total. The van der Waals surface area contributed by atoms with Crippen LogP contribution in [0.15, 0.2) is 29.3 Å². The Kier molecular flexibility index (Phi) is 8.22. The highest BCUT2D eigenvalue weighted by atomic mass is 16.5. The van der Waals surface area contributed by atoms with Crippen LogP contribution >= 0.6 is 0 Å². The first-order valence-corrected chi connectivity index (χ1v) is 6.95. The van der Waals surface area contributed by atoms with Crippen molar-refractivity contribution in [2.24, 2.45) is 4.99 Å². The summed E-state index contributed by atoms with van der Waals surface area (Å²) in [4.78, 5) is 4.16. The van der Waals surface area contributed by atoms with Crippen molar-refractivity contribution in [2.75, 3.05) is 40.5 Å². The lowest BCUT2D eigenvalue weighted by atomic mass is 10.1. The largest absolute Gasteiger partial charge is 0.497 e. The van der Waals surface area contributed by atoms with Crippen LogP contribution in [0.5, 0.6) is 5.75 Å². The summed E-state index contributed by atoms with van der Waals surface area (Å²) >= 11 is 0. The lowest BCUT2D eigenvalue weighted by Gasteiger charge is -2.12. The highest BCUT2D eigenvalue weighted by Gasteiger charge is 1.99. The van der Waals surface area contributed by atoms with Gasteiger partial charge in [-0.15, -0.1) is 0 Å². The first-order chi connectivity index (χ1) is 9.80. The molecule has 0 amide bonds. The zero-order valence-corrected chi connectivity index (χ0v) is 12.6. The molecule has 5 nitrogen and oxygen atoms in total. The van der Waals surface area contributed by atoms with E-state index in [1.807, 2.05) is 25.1 Å². The lowest BCUT2D eigenvalue weighted by Crippen LogP contribution is -2.39. The van der Waals surface area contributed by atoms with Gasteiger partial charge in [0.05, 0.1) is 13.7 Å². The summed E-state index contributed by atoms with van der Waals surface area (Å²) in [6.07, 6.45) is 0.920. The molecule has 0 saturated carbocycles. The highest BCUT2D eigenvalue weighted by molar-refractivity contribution is 5.79. The number of nitrogens with one attached hydrogen (secondary N) is 2. The molecule has 0 aliphatic heterocycles. The summed E-state index contributed by atoms with van der Waals surface area (Å²) < 4.78 is 10.5. The molecular formula is C15H25N3O2. The Hall–Kier alpha value is -1.75. The second-order valence-electron chi connectivity index (χ2n) is 4.22. The lowest BCUT2D eigenvalue weighted by molar-refractivity contribution is 0.152. The van der Waals surface area contributed by atoms with Crippen molar-refractivity contribution >= 4 is 5.96 Å². The van der Waals surface area contributed by atoms with Gasteiger partial charge in [-0.2, -0.15) is 0 Å². The van der Waals surface area contributed by atoms with Crippen molar-refractivity contribution in [2.45, 2.75) is 13.3 Å². The second kappa shape index (κ2) is 10.1. The predicted molar refractivity (Wildman–Crippen MR) is 82.6 cm³/mol. The number of rotatable bonds is 8. The molecule has 0 fully saturated rings. The molecule has 1 rings (SSSR count). The number of methoxy groups -OCH3 is 1. The van der Waals surface area contributed by atoms with Gasteiger partial charge in [-0.1, -0.05) is 12.1 Å². The van der Waals surface area contributed by atoms with Gasteiger partial charge in [0, 0.05) is 26.7 Å². The predicted octanol–water partition coefficient (Wildman–Crippen LogP) is 1.44. The van der Waals surface area contributed by atoms with Crippen LogP contribution in [-0.2, 0) is 11.2 Å². The van der Waals surface area contributed by atoms with E-state index >= 15 is 0 Å². The fraction of sp³-hybridized carbons (Fsp3) is 0.533. The van der Waals surface area contributed by atoms with Gasteiger partial charge in [-0.05, 0) is 31.0 Å². The van der Waals surface area contributed by atoms with E-state index in [-0.39, 0.29) is 0 Å². The van der Waals surface area contributed by atoms with Gasteiger partial charge in [0.2, 0.25) is 0 Å². The number of guanidine groups is 1. The molecule has 20 heavy (non-hydrogen) atoms. The molecule has 0 aromatic heterocycles. The van der Waals surface area contributed by atoms with Gasteiger partial charge in [-0.3, -0.25) is 4.99 Å². The van der Waals surface area contributed by atoms with Crippen molar-refractivity contribution < 1.29 is 9.47 Å². The molecule has 0 atom stereocenters. The molecule has 5 heteroatoms. The van der Waals surface area contributed by atoms with Crippen LogP contribution in [0.4, 0.5) is 0 Å². The van der Waals surface area contributed by atoms with Gasteiger partial charge in [0.15, 0.2) is 5.96 Å². The molecule has 0 aliphatic carbocycles. The summed E-state index contributed by atoms with van der Waals surface area (Å²) in [5.41, 5.74) is 1.24. The normalized spacial score (nSPS) is 11.2. The summed E-state index contributed by atoms with van der Waals surface area (Å²) in [6.45, 7) is 4.99. The van der Waals surface area contributed by atoms with E-state index in [2.05, 4.69) is 21.7 Å². The molecule has 1 aromatic carbocycles. The fourth-order valence-corrected chi connectivity index (χ4v) is 1.76. The minimum Gasteiger partial charge on any atom is -0.497 e. The molecule has 0 saturated heterocycles. The number of ether oxygens (including phenoxy) is 2. The zero-order valence-electron chi connectivity index (χ0n) is 12.6. The van der Waals surface area contributed by atoms with Crippen molar-refractivity contribution in [3.05, 3.63) is 29.8 Å². The van der Waals surface area contributed by atoms with Crippen LogP contribution in [0, 0.1) is 0 Å². The standard InChI is InChI=1S/C15H25N3O2/c1-4-20-11-10-18-15(16-2)17-9-8-13-6-5-7-14(12-13)19-3/h5-7,12H,4,8-11H2,1-3H3,(H2,16,17,18). The molecular weight excluding hydrogens is 254 g/mol. The second-order valence-corrected chi connectivity index (χ2v) is 4.22. The minimum absolute atomic E-state index is 0.688. The maximum Gasteiger partial charge on any atom is 0.191 e. The Balaban J connectivity index is 2.27. The van der Waals surface area contributed by atoms with Crippen LogP contribution in [0.1, 0.15) is 12.5 Å². The number of hydrogen-bond acceptors (Lipinski definition) is 3. The third-order valence-electron chi connectivity index (χ3n) is 2.81. The van der Waals surface area contributed by atoms with E-state index in [0.717, 1.165) is 37.8 Å². The van der Waals surface area contributed by atoms with Crippen molar-refractivity contribution in [1.29, 1.82) is 0 Å². The maximum absolute atomic E-state index is 5.27. The van der Waals surface area contributed by atoms with E-state index in [9.17, 15) is 0 Å². The number of hydrogen-bond donors (Lipinski definition) is 2. The Morgan fingerprint density at radius 1 is 1.25 bits per heavy atom. The Bertz CT molecular complexity index is 408. The SMILES string of the molecule is CCOCCNC(=NC)NCCc1cccc(OC)c1. The van der Waals surface area contributed by atoms with Crippen LogP contribution in [-0.4, -0.2) is 46.4 Å². The van der Waals surface area contributed by atoms with Crippen LogP contribution in [0.2, 0.25) is 0 Å². The maximum atomic E-state index is 5.27. The van der Waals surface area contributed by atoms with Gasteiger partial charge in [0.25, 0.3) is 0 Å².